The van der Waals surface area contributed by atoms with Crippen LogP contribution in [0.15, 0.2) is 0 Å². The molecular weight excluding hydrogens is 200 g/mol. The summed E-state index contributed by atoms with van der Waals surface area (Å²) in [6.07, 6.45) is -5.38. The van der Waals surface area contributed by atoms with Gasteiger partial charge < -0.3 is 24.8 Å². The zero-order valence-corrected chi connectivity index (χ0v) is 7.89. The topological polar surface area (TPSA) is 79.2 Å². The molecule has 0 amide bonds. The highest BCUT2D eigenvalue weighted by atomic mass is 35.5. The third kappa shape index (κ3) is 2.12. The molecule has 0 radical (unpaired) electrons. The van der Waals surface area contributed by atoms with Crippen molar-refractivity contribution in [1.82, 2.24) is 0 Å². The van der Waals surface area contributed by atoms with Crippen molar-refractivity contribution in [3.05, 3.63) is 0 Å². The fourth-order valence-corrected chi connectivity index (χ4v) is 1.49. The Bertz CT molecular complexity index is 147. The van der Waals surface area contributed by atoms with E-state index in [1.54, 1.807) is 0 Å². The second kappa shape index (κ2) is 4.54. The summed E-state index contributed by atoms with van der Waals surface area (Å²) in [5.74, 6) is 0.0325. The average Bonchev–Trinajstić information content (AvgIpc) is 2.15. The van der Waals surface area contributed by atoms with Gasteiger partial charge in [-0.25, -0.2) is 0 Å². The second-order valence-corrected chi connectivity index (χ2v) is 3.21. The maximum absolute atomic E-state index is 9.35. The molecule has 0 aromatic rings. The molecule has 1 fully saturated rings. The summed E-state index contributed by atoms with van der Waals surface area (Å²) in [6, 6.07) is 0. The van der Waals surface area contributed by atoms with Crippen LogP contribution in [0.3, 0.4) is 0 Å². The van der Waals surface area contributed by atoms with Crippen molar-refractivity contribution in [3.8, 4) is 0 Å². The van der Waals surface area contributed by atoms with E-state index in [1.165, 1.54) is 7.11 Å². The first-order valence-corrected chi connectivity index (χ1v) is 4.43. The van der Waals surface area contributed by atoms with Gasteiger partial charge in [0.1, 0.15) is 24.4 Å². The third-order valence-electron chi connectivity index (χ3n) is 2.05. The maximum Gasteiger partial charge on any atom is 0.186 e. The SMILES string of the molecule is CO[C@@H]1O[C@@H](CCl)[C@@H](O)[C@@H](O)[C@@H]1O. The molecule has 1 saturated heterocycles. The van der Waals surface area contributed by atoms with Crippen molar-refractivity contribution < 1.29 is 24.8 Å². The van der Waals surface area contributed by atoms with Crippen molar-refractivity contribution in [1.29, 1.82) is 0 Å². The van der Waals surface area contributed by atoms with Crippen LogP contribution in [0.4, 0.5) is 0 Å². The highest BCUT2D eigenvalue weighted by molar-refractivity contribution is 6.18. The van der Waals surface area contributed by atoms with Crippen molar-refractivity contribution in [2.75, 3.05) is 13.0 Å². The molecule has 0 unspecified atom stereocenters. The highest BCUT2D eigenvalue weighted by Gasteiger charge is 2.43. The number of aliphatic hydroxyl groups excluding tert-OH is 3. The molecule has 3 N–H and O–H groups in total. The van der Waals surface area contributed by atoms with Gasteiger partial charge in [0.2, 0.25) is 0 Å². The molecule has 0 aromatic heterocycles. The first-order valence-electron chi connectivity index (χ1n) is 3.90. The van der Waals surface area contributed by atoms with Gasteiger partial charge in [0, 0.05) is 7.11 Å². The minimum atomic E-state index is -1.29. The molecule has 13 heavy (non-hydrogen) atoms. The van der Waals surface area contributed by atoms with E-state index in [-0.39, 0.29) is 5.88 Å². The van der Waals surface area contributed by atoms with E-state index in [1.807, 2.05) is 0 Å². The molecule has 1 heterocycles. The summed E-state index contributed by atoms with van der Waals surface area (Å²) in [5.41, 5.74) is 0. The Kier molecular flexibility index (Phi) is 3.90. The largest absolute Gasteiger partial charge is 0.388 e. The molecule has 0 bridgehead atoms. The first-order chi connectivity index (χ1) is 6.11. The lowest BCUT2D eigenvalue weighted by atomic mass is 10.00. The highest BCUT2D eigenvalue weighted by Crippen LogP contribution is 2.22. The summed E-state index contributed by atoms with van der Waals surface area (Å²) >= 11 is 5.48. The Morgan fingerprint density at radius 3 is 2.31 bits per heavy atom. The zero-order valence-electron chi connectivity index (χ0n) is 7.13. The van der Waals surface area contributed by atoms with E-state index < -0.39 is 30.7 Å². The lowest BCUT2D eigenvalue weighted by Crippen LogP contribution is -2.58. The molecule has 6 heteroatoms. The molecule has 78 valence electrons. The average molecular weight is 213 g/mol. The van der Waals surface area contributed by atoms with E-state index in [4.69, 9.17) is 21.1 Å². The normalized spacial score (nSPS) is 46.4. The van der Waals surface area contributed by atoms with Gasteiger partial charge in [0.25, 0.3) is 0 Å². The predicted molar refractivity (Wildman–Crippen MR) is 44.4 cm³/mol. The summed E-state index contributed by atoms with van der Waals surface area (Å²) < 4.78 is 9.82. The van der Waals surface area contributed by atoms with Crippen LogP contribution in [-0.2, 0) is 9.47 Å². The number of hydrogen-bond donors (Lipinski definition) is 3. The van der Waals surface area contributed by atoms with E-state index >= 15 is 0 Å². The molecule has 1 aliphatic rings. The first kappa shape index (κ1) is 11.2. The van der Waals surface area contributed by atoms with Crippen molar-refractivity contribution in [2.24, 2.45) is 0 Å². The van der Waals surface area contributed by atoms with Gasteiger partial charge in [0.15, 0.2) is 6.29 Å². The van der Waals surface area contributed by atoms with E-state index in [2.05, 4.69) is 0 Å². The monoisotopic (exact) mass is 212 g/mol. The fraction of sp³-hybridized carbons (Fsp3) is 1.00. The molecule has 0 aromatic carbocycles. The Labute approximate surface area is 80.8 Å². The Hall–Kier alpha value is 0.0900. The Balaban J connectivity index is 2.66. The third-order valence-corrected chi connectivity index (χ3v) is 2.36. The number of aliphatic hydroxyl groups is 3. The number of rotatable bonds is 2. The molecule has 1 rings (SSSR count). The quantitative estimate of drug-likeness (QED) is 0.495. The van der Waals surface area contributed by atoms with Crippen LogP contribution in [0.2, 0.25) is 0 Å². The van der Waals surface area contributed by atoms with Gasteiger partial charge in [-0.15, -0.1) is 11.6 Å². The molecule has 5 atom stereocenters. The predicted octanol–water partition coefficient (Wildman–Crippen LogP) is -1.32. The number of ether oxygens (including phenoxy) is 2. The van der Waals surface area contributed by atoms with E-state index in [0.717, 1.165) is 0 Å². The van der Waals surface area contributed by atoms with E-state index in [9.17, 15) is 15.3 Å². The number of hydrogen-bond acceptors (Lipinski definition) is 5. The fourth-order valence-electron chi connectivity index (χ4n) is 1.24. The van der Waals surface area contributed by atoms with Crippen molar-refractivity contribution >= 4 is 11.6 Å². The molecule has 1 aliphatic heterocycles. The van der Waals surface area contributed by atoms with Gasteiger partial charge in [0.05, 0.1) is 5.88 Å². The Morgan fingerprint density at radius 2 is 1.85 bits per heavy atom. The molecule has 0 saturated carbocycles. The standard InChI is InChI=1S/C7H13ClO5/c1-12-7-6(11)5(10)4(9)3(2-8)13-7/h3-7,9-11H,2H2,1H3/t3-,4+,5+,6-,7+/m0/s1. The maximum atomic E-state index is 9.35. The van der Waals surface area contributed by atoms with Crippen LogP contribution in [0.1, 0.15) is 0 Å². The van der Waals surface area contributed by atoms with E-state index in [0.29, 0.717) is 0 Å². The summed E-state index contributed by atoms with van der Waals surface area (Å²) in [7, 11) is 1.34. The second-order valence-electron chi connectivity index (χ2n) is 2.90. The summed E-state index contributed by atoms with van der Waals surface area (Å²) in [6.45, 7) is 0. The van der Waals surface area contributed by atoms with Gasteiger partial charge >= 0.3 is 0 Å². The molecule has 0 spiro atoms. The van der Waals surface area contributed by atoms with Crippen molar-refractivity contribution in [3.63, 3.8) is 0 Å². The van der Waals surface area contributed by atoms with Gasteiger partial charge in [-0.3, -0.25) is 0 Å². The lowest BCUT2D eigenvalue weighted by molar-refractivity contribution is -0.285. The van der Waals surface area contributed by atoms with Crippen LogP contribution >= 0.6 is 11.6 Å². The number of halogens is 1. The molecular formula is C7H13ClO5. The van der Waals surface area contributed by atoms with Crippen molar-refractivity contribution in [2.45, 2.75) is 30.7 Å². The van der Waals surface area contributed by atoms with Gasteiger partial charge in [-0.1, -0.05) is 0 Å². The van der Waals surface area contributed by atoms with Crippen LogP contribution in [0.5, 0.6) is 0 Å². The molecule has 5 nitrogen and oxygen atoms in total. The summed E-state index contributed by atoms with van der Waals surface area (Å²) in [5, 5.41) is 28.0. The smallest absolute Gasteiger partial charge is 0.186 e. The minimum Gasteiger partial charge on any atom is -0.388 e. The number of methoxy groups -OCH3 is 1. The lowest BCUT2D eigenvalue weighted by Gasteiger charge is -2.38. The minimum absolute atomic E-state index is 0.0325. The van der Waals surface area contributed by atoms with Crippen LogP contribution < -0.4 is 0 Å². The number of alkyl halides is 1. The van der Waals surface area contributed by atoms with Gasteiger partial charge in [-0.2, -0.15) is 0 Å². The molecule has 0 aliphatic carbocycles. The Morgan fingerprint density at radius 1 is 1.23 bits per heavy atom. The van der Waals surface area contributed by atoms with Crippen LogP contribution in [-0.4, -0.2) is 59.0 Å². The van der Waals surface area contributed by atoms with Crippen LogP contribution in [0.25, 0.3) is 0 Å². The van der Waals surface area contributed by atoms with Gasteiger partial charge in [-0.05, 0) is 0 Å². The summed E-state index contributed by atoms with van der Waals surface area (Å²) in [4.78, 5) is 0. The zero-order chi connectivity index (χ0) is 10.0. The van der Waals surface area contributed by atoms with Crippen LogP contribution in [0, 0.1) is 0 Å².